The number of hydrogen-bond acceptors (Lipinski definition) is 6. The molecule has 2 amide bonds. The van der Waals surface area contributed by atoms with Crippen LogP contribution in [0.5, 0.6) is 0 Å². The van der Waals surface area contributed by atoms with E-state index in [1.165, 1.54) is 13.8 Å². The predicted octanol–water partition coefficient (Wildman–Crippen LogP) is 2.68. The molecule has 0 spiro atoms. The highest BCUT2D eigenvalue weighted by atomic mass is 31.2. The number of nitrogens with one attached hydrogen (secondary N) is 3. The Bertz CT molecular complexity index is 615. The number of urea groups is 1. The van der Waals surface area contributed by atoms with Gasteiger partial charge in [-0.15, -0.1) is 0 Å². The number of carbonyl (C=O) groups is 1. The SMILES string of the molecule is CCC(C)(NC1=NC(C(F)(F)F)(C(F)(F)F)NC(=O)N1)P(=O)(OC)OC. The standard InChI is InChI=1S/C11H17F6N4O4P/c1-5-8(2,26(23,24-3)25-4)19-6-18-7(22)21-9(20-6,10(12,13)14)11(15,16)17/h5H2,1-4H3,(H3,18,19,20,21,22). The summed E-state index contributed by atoms with van der Waals surface area (Å²) in [6, 6.07) is -1.81. The first-order valence-corrected chi connectivity index (χ1v) is 8.48. The first-order valence-electron chi connectivity index (χ1n) is 6.93. The molecule has 1 unspecified atom stereocenters. The lowest BCUT2D eigenvalue weighted by atomic mass is 10.1. The van der Waals surface area contributed by atoms with E-state index < -0.39 is 42.9 Å². The van der Waals surface area contributed by atoms with Gasteiger partial charge in [0, 0.05) is 14.2 Å². The maximum absolute atomic E-state index is 13.1. The Morgan fingerprint density at radius 1 is 1.15 bits per heavy atom. The van der Waals surface area contributed by atoms with Crippen LogP contribution < -0.4 is 16.0 Å². The van der Waals surface area contributed by atoms with Crippen LogP contribution in [0.25, 0.3) is 0 Å². The Kier molecular flexibility index (Phi) is 5.97. The minimum absolute atomic E-state index is 0.126. The Morgan fingerprint density at radius 3 is 1.96 bits per heavy atom. The number of hydrogen-bond donors (Lipinski definition) is 3. The number of nitrogens with zero attached hydrogens (tertiary/aromatic N) is 1. The molecule has 1 heterocycles. The van der Waals surface area contributed by atoms with E-state index in [9.17, 15) is 35.7 Å². The van der Waals surface area contributed by atoms with Crippen molar-refractivity contribution in [3.63, 3.8) is 0 Å². The topological polar surface area (TPSA) is 101 Å². The maximum atomic E-state index is 13.1. The molecule has 1 aliphatic rings. The van der Waals surface area contributed by atoms with Crippen molar-refractivity contribution in [3.05, 3.63) is 0 Å². The van der Waals surface area contributed by atoms with Gasteiger partial charge in [-0.3, -0.25) is 15.2 Å². The second kappa shape index (κ2) is 6.89. The zero-order valence-corrected chi connectivity index (χ0v) is 14.9. The largest absolute Gasteiger partial charge is 0.441 e. The molecule has 1 atom stereocenters. The Morgan fingerprint density at radius 2 is 1.62 bits per heavy atom. The average molecular weight is 414 g/mol. The molecule has 0 aromatic rings. The van der Waals surface area contributed by atoms with Crippen LogP contribution in [0, 0.1) is 0 Å². The summed E-state index contributed by atoms with van der Waals surface area (Å²) in [5.41, 5.74) is -4.87. The van der Waals surface area contributed by atoms with Gasteiger partial charge in [-0.2, -0.15) is 26.3 Å². The van der Waals surface area contributed by atoms with Gasteiger partial charge < -0.3 is 14.4 Å². The summed E-state index contributed by atoms with van der Waals surface area (Å²) in [6.07, 6.45) is -12.1. The van der Waals surface area contributed by atoms with E-state index in [2.05, 4.69) is 10.3 Å². The van der Waals surface area contributed by atoms with Gasteiger partial charge in [-0.25, -0.2) is 9.79 Å². The van der Waals surface area contributed by atoms with Gasteiger partial charge in [0.1, 0.15) is 5.28 Å². The van der Waals surface area contributed by atoms with Crippen molar-refractivity contribution in [3.8, 4) is 0 Å². The van der Waals surface area contributed by atoms with Crippen molar-refractivity contribution in [1.29, 1.82) is 0 Å². The summed E-state index contributed by atoms with van der Waals surface area (Å²) in [6.45, 7) is 2.59. The van der Waals surface area contributed by atoms with E-state index in [4.69, 9.17) is 9.05 Å². The molecule has 0 aromatic carbocycles. The van der Waals surface area contributed by atoms with E-state index in [0.717, 1.165) is 19.5 Å². The van der Waals surface area contributed by atoms with E-state index in [-0.39, 0.29) is 6.42 Å². The van der Waals surface area contributed by atoms with E-state index >= 15 is 0 Å². The van der Waals surface area contributed by atoms with Crippen LogP contribution in [-0.4, -0.2) is 49.5 Å². The molecular formula is C11H17F6N4O4P. The lowest BCUT2D eigenvalue weighted by Gasteiger charge is -2.40. The van der Waals surface area contributed by atoms with Crippen molar-refractivity contribution in [2.75, 3.05) is 14.2 Å². The first-order chi connectivity index (χ1) is 11.6. The molecule has 0 radical (unpaired) electrons. The zero-order chi connectivity index (χ0) is 20.6. The summed E-state index contributed by atoms with van der Waals surface area (Å²) in [5, 5.41) is 2.76. The molecule has 26 heavy (non-hydrogen) atoms. The molecule has 3 N–H and O–H groups in total. The normalized spacial score (nSPS) is 20.5. The molecular weight excluding hydrogens is 397 g/mol. The highest BCUT2D eigenvalue weighted by Gasteiger charge is 2.74. The lowest BCUT2D eigenvalue weighted by molar-refractivity contribution is -0.301. The Balaban J connectivity index is 3.50. The van der Waals surface area contributed by atoms with Crippen LogP contribution in [0.4, 0.5) is 31.1 Å². The highest BCUT2D eigenvalue weighted by Crippen LogP contribution is 2.59. The molecule has 0 saturated carbocycles. The monoisotopic (exact) mass is 414 g/mol. The molecule has 1 rings (SSSR count). The number of carbonyl (C=O) groups excluding carboxylic acids is 1. The van der Waals surface area contributed by atoms with Crippen LogP contribution in [0.3, 0.4) is 0 Å². The van der Waals surface area contributed by atoms with E-state index in [1.54, 1.807) is 5.32 Å². The third-order valence-corrected chi connectivity index (χ3v) is 6.39. The fourth-order valence-electron chi connectivity index (χ4n) is 2.10. The van der Waals surface area contributed by atoms with Crippen molar-refractivity contribution in [2.45, 2.75) is 43.6 Å². The number of halogens is 6. The smallest absolute Gasteiger partial charge is 0.340 e. The predicted molar refractivity (Wildman–Crippen MR) is 77.4 cm³/mol. The zero-order valence-electron chi connectivity index (χ0n) is 14.0. The summed E-state index contributed by atoms with van der Waals surface area (Å²) in [4.78, 5) is 14.1. The minimum Gasteiger partial charge on any atom is -0.340 e. The number of amides is 2. The first kappa shape index (κ1) is 22.5. The van der Waals surface area contributed by atoms with Gasteiger partial charge in [-0.1, -0.05) is 6.92 Å². The third-order valence-electron chi connectivity index (χ3n) is 3.79. The lowest BCUT2D eigenvalue weighted by Crippen LogP contribution is -2.73. The van der Waals surface area contributed by atoms with Crippen molar-refractivity contribution < 1.29 is 44.7 Å². The number of alkyl halides is 6. The Hall–Kier alpha value is -1.53. The minimum atomic E-state index is -6.00. The van der Waals surface area contributed by atoms with Gasteiger partial charge >= 0.3 is 31.6 Å². The highest BCUT2D eigenvalue weighted by molar-refractivity contribution is 7.55. The quantitative estimate of drug-likeness (QED) is 0.475. The van der Waals surface area contributed by atoms with Crippen LogP contribution in [0.1, 0.15) is 20.3 Å². The van der Waals surface area contributed by atoms with Gasteiger partial charge in [0.15, 0.2) is 0 Å². The second-order valence-electron chi connectivity index (χ2n) is 5.36. The molecule has 0 bridgehead atoms. The molecule has 1 aliphatic heterocycles. The molecule has 0 fully saturated rings. The van der Waals surface area contributed by atoms with Crippen molar-refractivity contribution in [1.82, 2.24) is 16.0 Å². The molecule has 15 heteroatoms. The number of aliphatic imine (C=N–C) groups is 1. The van der Waals surface area contributed by atoms with Gasteiger partial charge in [-0.05, 0) is 13.3 Å². The Labute approximate surface area is 144 Å². The van der Waals surface area contributed by atoms with E-state index in [1.807, 2.05) is 0 Å². The second-order valence-corrected chi connectivity index (χ2v) is 8.07. The number of rotatable bonds is 5. The van der Waals surface area contributed by atoms with Crippen LogP contribution >= 0.6 is 7.60 Å². The van der Waals surface area contributed by atoms with Gasteiger partial charge in [0.2, 0.25) is 5.96 Å². The average Bonchev–Trinajstić information content (AvgIpc) is 2.51. The molecule has 0 aromatic heterocycles. The molecule has 152 valence electrons. The van der Waals surface area contributed by atoms with E-state index in [0.29, 0.717) is 0 Å². The summed E-state index contributed by atoms with van der Waals surface area (Å²) >= 11 is 0. The van der Waals surface area contributed by atoms with Crippen molar-refractivity contribution >= 4 is 19.6 Å². The molecule has 8 nitrogen and oxygen atoms in total. The van der Waals surface area contributed by atoms with Gasteiger partial charge in [0.25, 0.3) is 0 Å². The van der Waals surface area contributed by atoms with Crippen molar-refractivity contribution in [2.24, 2.45) is 4.99 Å². The summed E-state index contributed by atoms with van der Waals surface area (Å²) in [7, 11) is -2.07. The number of guanidine groups is 1. The maximum Gasteiger partial charge on any atom is 0.441 e. The van der Waals surface area contributed by atoms with Crippen LogP contribution in [0.15, 0.2) is 4.99 Å². The van der Waals surface area contributed by atoms with Gasteiger partial charge in [0.05, 0.1) is 0 Å². The van der Waals surface area contributed by atoms with Crippen LogP contribution in [0.2, 0.25) is 0 Å². The van der Waals surface area contributed by atoms with Crippen LogP contribution in [-0.2, 0) is 13.6 Å². The fraction of sp³-hybridized carbons (Fsp3) is 0.818. The fourth-order valence-corrected chi connectivity index (χ4v) is 3.68. The summed E-state index contributed by atoms with van der Waals surface area (Å²) < 4.78 is 101. The summed E-state index contributed by atoms with van der Waals surface area (Å²) in [5.74, 6) is -1.19. The molecule has 0 aliphatic carbocycles. The third kappa shape index (κ3) is 3.62. The molecule has 0 saturated heterocycles.